The Hall–Kier alpha value is -1.77. The summed E-state index contributed by atoms with van der Waals surface area (Å²) in [6.45, 7) is 3.97. The van der Waals surface area contributed by atoms with Crippen LogP contribution in [0.3, 0.4) is 0 Å². The van der Waals surface area contributed by atoms with Crippen molar-refractivity contribution in [2.24, 2.45) is 5.92 Å². The molecule has 1 fully saturated rings. The molecule has 112 valence electrons. The van der Waals surface area contributed by atoms with Crippen LogP contribution in [0, 0.1) is 5.92 Å². The summed E-state index contributed by atoms with van der Waals surface area (Å²) < 4.78 is 10.9. The fraction of sp³-hybridized carbons (Fsp3) is 0.500. The van der Waals surface area contributed by atoms with Gasteiger partial charge in [0, 0.05) is 17.9 Å². The zero-order chi connectivity index (χ0) is 14.8. The van der Waals surface area contributed by atoms with Gasteiger partial charge in [-0.25, -0.2) is 0 Å². The fourth-order valence-electron chi connectivity index (χ4n) is 3.70. The molecule has 1 aromatic rings. The van der Waals surface area contributed by atoms with Gasteiger partial charge in [-0.1, -0.05) is 24.3 Å². The second kappa shape index (κ2) is 5.92. The van der Waals surface area contributed by atoms with Crippen molar-refractivity contribution in [2.45, 2.75) is 44.1 Å². The molecular formula is C18H22O3. The van der Waals surface area contributed by atoms with Gasteiger partial charge in [0.2, 0.25) is 0 Å². The van der Waals surface area contributed by atoms with E-state index in [0.29, 0.717) is 24.4 Å². The van der Waals surface area contributed by atoms with Crippen LogP contribution in [-0.2, 0) is 16.0 Å². The lowest BCUT2D eigenvalue weighted by Crippen LogP contribution is -2.14. The highest BCUT2D eigenvalue weighted by Crippen LogP contribution is 2.51. The molecule has 1 aliphatic heterocycles. The fourth-order valence-corrected chi connectivity index (χ4v) is 3.70. The number of hydrogen-bond donors (Lipinski definition) is 0. The Kier molecular flexibility index (Phi) is 4.00. The van der Waals surface area contributed by atoms with Crippen LogP contribution < -0.4 is 4.74 Å². The molecule has 0 amide bonds. The normalized spacial score (nSPS) is 25.9. The highest BCUT2D eigenvalue weighted by Gasteiger charge is 2.43. The predicted molar refractivity (Wildman–Crippen MR) is 81.5 cm³/mol. The number of allylic oxidation sites excluding steroid dienone is 1. The van der Waals surface area contributed by atoms with Crippen molar-refractivity contribution >= 4 is 5.97 Å². The standard InChI is InChI=1S/C18H22O3/c1-3-12-10-11-15-17(12)14-8-4-6-13(18(14)21-15)7-5-9-16(19)20-2/h3-4,6,8,12,15,17H,1,5,7,9-11H2,2H3. The quantitative estimate of drug-likeness (QED) is 0.612. The Morgan fingerprint density at radius 3 is 3.10 bits per heavy atom. The summed E-state index contributed by atoms with van der Waals surface area (Å²) >= 11 is 0. The van der Waals surface area contributed by atoms with E-state index in [1.54, 1.807) is 0 Å². The van der Waals surface area contributed by atoms with Crippen LogP contribution in [0.4, 0.5) is 0 Å². The van der Waals surface area contributed by atoms with Gasteiger partial charge in [0.1, 0.15) is 11.9 Å². The molecule has 0 bridgehead atoms. The molecule has 0 spiro atoms. The minimum Gasteiger partial charge on any atom is -0.489 e. The Morgan fingerprint density at radius 1 is 1.48 bits per heavy atom. The van der Waals surface area contributed by atoms with E-state index in [1.165, 1.54) is 24.7 Å². The van der Waals surface area contributed by atoms with Gasteiger partial charge in [-0.2, -0.15) is 0 Å². The molecule has 3 rings (SSSR count). The maximum absolute atomic E-state index is 11.2. The Bertz CT molecular complexity index is 549. The Labute approximate surface area is 125 Å². The molecule has 3 atom stereocenters. The second-order valence-corrected chi connectivity index (χ2v) is 5.92. The first-order chi connectivity index (χ1) is 10.2. The number of aryl methyl sites for hydroxylation is 1. The third-order valence-corrected chi connectivity index (χ3v) is 4.76. The first-order valence-corrected chi connectivity index (χ1v) is 7.72. The highest BCUT2D eigenvalue weighted by molar-refractivity contribution is 5.69. The summed E-state index contributed by atoms with van der Waals surface area (Å²) in [6, 6.07) is 6.40. The van der Waals surface area contributed by atoms with Crippen LogP contribution in [0.1, 0.15) is 42.7 Å². The van der Waals surface area contributed by atoms with Gasteiger partial charge in [-0.05, 0) is 37.2 Å². The number of carbonyl (C=O) groups is 1. The molecule has 1 saturated carbocycles. The van der Waals surface area contributed by atoms with Crippen molar-refractivity contribution in [3.63, 3.8) is 0 Å². The van der Waals surface area contributed by atoms with Crippen molar-refractivity contribution in [3.8, 4) is 5.75 Å². The lowest BCUT2D eigenvalue weighted by atomic mass is 9.88. The largest absolute Gasteiger partial charge is 0.489 e. The highest BCUT2D eigenvalue weighted by atomic mass is 16.5. The van der Waals surface area contributed by atoms with Crippen molar-refractivity contribution in [3.05, 3.63) is 42.0 Å². The van der Waals surface area contributed by atoms with Crippen molar-refractivity contribution < 1.29 is 14.3 Å². The van der Waals surface area contributed by atoms with E-state index >= 15 is 0 Å². The van der Waals surface area contributed by atoms with Crippen LogP contribution in [0.2, 0.25) is 0 Å². The van der Waals surface area contributed by atoms with Gasteiger partial charge in [-0.15, -0.1) is 6.58 Å². The number of methoxy groups -OCH3 is 1. The van der Waals surface area contributed by atoms with E-state index in [1.807, 2.05) is 0 Å². The molecule has 3 nitrogen and oxygen atoms in total. The molecule has 1 heterocycles. The van der Waals surface area contributed by atoms with E-state index in [0.717, 1.165) is 25.0 Å². The SMILES string of the molecule is C=CC1CCC2Oc3c(CCCC(=O)OC)cccc3C12. The minimum absolute atomic E-state index is 0.146. The molecule has 0 aromatic heterocycles. The smallest absolute Gasteiger partial charge is 0.305 e. The number of fused-ring (bicyclic) bond motifs is 3. The molecular weight excluding hydrogens is 264 g/mol. The Balaban J connectivity index is 1.76. The molecule has 3 unspecified atom stereocenters. The van der Waals surface area contributed by atoms with Gasteiger partial charge in [-0.3, -0.25) is 4.79 Å². The number of hydrogen-bond acceptors (Lipinski definition) is 3. The molecule has 1 aromatic carbocycles. The molecule has 2 aliphatic rings. The minimum atomic E-state index is -0.146. The van der Waals surface area contributed by atoms with Crippen LogP contribution in [0.15, 0.2) is 30.9 Å². The molecule has 21 heavy (non-hydrogen) atoms. The van der Waals surface area contributed by atoms with Gasteiger partial charge in [0.05, 0.1) is 7.11 Å². The molecule has 0 radical (unpaired) electrons. The van der Waals surface area contributed by atoms with Crippen molar-refractivity contribution in [2.75, 3.05) is 7.11 Å². The molecule has 0 N–H and O–H groups in total. The van der Waals surface area contributed by atoms with Gasteiger partial charge >= 0.3 is 5.97 Å². The van der Waals surface area contributed by atoms with Gasteiger partial charge < -0.3 is 9.47 Å². The summed E-state index contributed by atoms with van der Waals surface area (Å²) in [7, 11) is 1.43. The van der Waals surface area contributed by atoms with Crippen molar-refractivity contribution in [1.29, 1.82) is 0 Å². The van der Waals surface area contributed by atoms with E-state index in [2.05, 4.69) is 35.6 Å². The zero-order valence-corrected chi connectivity index (χ0v) is 12.5. The topological polar surface area (TPSA) is 35.5 Å². The van der Waals surface area contributed by atoms with Crippen molar-refractivity contribution in [1.82, 2.24) is 0 Å². The van der Waals surface area contributed by atoms with E-state index < -0.39 is 0 Å². The first-order valence-electron chi connectivity index (χ1n) is 7.72. The van der Waals surface area contributed by atoms with E-state index in [9.17, 15) is 4.79 Å². The summed E-state index contributed by atoms with van der Waals surface area (Å²) in [6.07, 6.45) is 6.78. The number of rotatable bonds is 5. The zero-order valence-electron chi connectivity index (χ0n) is 12.5. The lowest BCUT2D eigenvalue weighted by molar-refractivity contribution is -0.140. The van der Waals surface area contributed by atoms with Crippen LogP contribution >= 0.6 is 0 Å². The number of esters is 1. The average molecular weight is 286 g/mol. The maximum atomic E-state index is 11.2. The summed E-state index contributed by atoms with van der Waals surface area (Å²) in [5.41, 5.74) is 2.55. The third kappa shape index (κ3) is 2.57. The average Bonchev–Trinajstić information content (AvgIpc) is 3.06. The van der Waals surface area contributed by atoms with E-state index in [4.69, 9.17) is 4.74 Å². The molecule has 3 heteroatoms. The number of benzene rings is 1. The molecule has 0 saturated heterocycles. The number of para-hydroxylation sites is 1. The predicted octanol–water partition coefficient (Wildman–Crippen LogP) is 3.62. The summed E-state index contributed by atoms with van der Waals surface area (Å²) in [4.78, 5) is 11.2. The Morgan fingerprint density at radius 2 is 2.33 bits per heavy atom. The van der Waals surface area contributed by atoms with Crippen LogP contribution in [0.25, 0.3) is 0 Å². The summed E-state index contributed by atoms with van der Waals surface area (Å²) in [5, 5.41) is 0. The number of carbonyl (C=O) groups excluding carboxylic acids is 1. The van der Waals surface area contributed by atoms with Crippen LogP contribution in [0.5, 0.6) is 5.75 Å². The monoisotopic (exact) mass is 286 g/mol. The number of ether oxygens (including phenoxy) is 2. The van der Waals surface area contributed by atoms with Crippen LogP contribution in [-0.4, -0.2) is 19.2 Å². The first kappa shape index (κ1) is 14.2. The molecule has 1 aliphatic carbocycles. The van der Waals surface area contributed by atoms with E-state index in [-0.39, 0.29) is 5.97 Å². The lowest BCUT2D eigenvalue weighted by Gasteiger charge is -2.13. The summed E-state index contributed by atoms with van der Waals surface area (Å²) in [5.74, 6) is 1.91. The van der Waals surface area contributed by atoms with Gasteiger partial charge in [0.25, 0.3) is 0 Å². The third-order valence-electron chi connectivity index (χ3n) is 4.76. The maximum Gasteiger partial charge on any atom is 0.305 e. The van der Waals surface area contributed by atoms with Gasteiger partial charge in [0.15, 0.2) is 0 Å². The second-order valence-electron chi connectivity index (χ2n) is 5.92.